The number of benzene rings is 1. The largest absolute Gasteiger partial charge is 0.504 e. The summed E-state index contributed by atoms with van der Waals surface area (Å²) in [5, 5.41) is 19.6. The van der Waals surface area contributed by atoms with Crippen LogP contribution in [-0.2, 0) is 0 Å². The lowest BCUT2D eigenvalue weighted by atomic mass is 9.95. The Kier molecular flexibility index (Phi) is 3.71. The van der Waals surface area contributed by atoms with Gasteiger partial charge in [-0.2, -0.15) is 0 Å². The molecule has 0 saturated carbocycles. The second kappa shape index (κ2) is 4.96. The molecule has 1 aromatic carbocycles. The summed E-state index contributed by atoms with van der Waals surface area (Å²) in [6.07, 6.45) is 0.928. The number of phenolic OH excluding ortho intramolecular Hbond substituents is 2. The first-order chi connectivity index (χ1) is 8.45. The van der Waals surface area contributed by atoms with E-state index < -0.39 is 0 Å². The van der Waals surface area contributed by atoms with Crippen LogP contribution in [0.1, 0.15) is 23.6 Å². The molecule has 100 valence electrons. The van der Waals surface area contributed by atoms with E-state index in [1.54, 1.807) is 6.07 Å². The lowest BCUT2D eigenvalue weighted by Gasteiger charge is -2.23. The van der Waals surface area contributed by atoms with Gasteiger partial charge in [-0.15, -0.1) is 0 Å². The number of aromatic hydroxyl groups is 2. The first-order valence-electron chi connectivity index (χ1n) is 6.07. The molecule has 2 rings (SSSR count). The van der Waals surface area contributed by atoms with E-state index in [-0.39, 0.29) is 22.6 Å². The molecule has 0 aromatic heterocycles. The number of likely N-dealkylation sites (tertiary alicyclic amines) is 1. The molecule has 0 aliphatic carbocycles. The molecule has 1 aromatic rings. The van der Waals surface area contributed by atoms with Gasteiger partial charge in [-0.05, 0) is 50.0 Å². The van der Waals surface area contributed by atoms with E-state index in [4.69, 9.17) is 17.3 Å². The Morgan fingerprint density at radius 1 is 1.50 bits per heavy atom. The summed E-state index contributed by atoms with van der Waals surface area (Å²) in [7, 11) is 2.03. The lowest BCUT2D eigenvalue weighted by Crippen LogP contribution is -2.21. The molecule has 2 unspecified atom stereocenters. The van der Waals surface area contributed by atoms with Crippen molar-refractivity contribution in [3.8, 4) is 11.5 Å². The molecule has 1 heterocycles. The molecule has 1 saturated heterocycles. The number of phenols is 2. The van der Waals surface area contributed by atoms with Crippen LogP contribution in [0.2, 0.25) is 5.02 Å². The van der Waals surface area contributed by atoms with Crippen LogP contribution in [0.25, 0.3) is 0 Å². The molecular weight excluding hydrogens is 252 g/mol. The van der Waals surface area contributed by atoms with Gasteiger partial charge in [0.05, 0.1) is 5.02 Å². The van der Waals surface area contributed by atoms with Crippen molar-refractivity contribution < 1.29 is 10.2 Å². The van der Waals surface area contributed by atoms with Crippen molar-refractivity contribution in [2.24, 2.45) is 11.7 Å². The SMILES string of the molecule is Cc1cc(O)c(O)c(Cl)c1C1CC(CN)CN1C. The zero-order valence-electron chi connectivity index (χ0n) is 10.7. The van der Waals surface area contributed by atoms with Crippen LogP contribution in [-0.4, -0.2) is 35.3 Å². The van der Waals surface area contributed by atoms with Crippen molar-refractivity contribution in [2.75, 3.05) is 20.1 Å². The highest BCUT2D eigenvalue weighted by Gasteiger charge is 2.33. The second-order valence-electron chi connectivity index (χ2n) is 5.08. The standard InChI is InChI=1S/C13H19ClN2O2/c1-7-3-10(17)13(18)12(14)11(7)9-4-8(5-15)6-16(9)2/h3,8-9,17-18H,4-6,15H2,1-2H3. The van der Waals surface area contributed by atoms with Crippen molar-refractivity contribution in [1.29, 1.82) is 0 Å². The maximum Gasteiger partial charge on any atom is 0.176 e. The number of nitrogens with zero attached hydrogens (tertiary/aromatic N) is 1. The third-order valence-electron chi connectivity index (χ3n) is 3.77. The van der Waals surface area contributed by atoms with Gasteiger partial charge in [0, 0.05) is 12.6 Å². The Morgan fingerprint density at radius 2 is 2.17 bits per heavy atom. The Labute approximate surface area is 112 Å². The first-order valence-corrected chi connectivity index (χ1v) is 6.44. The second-order valence-corrected chi connectivity index (χ2v) is 5.46. The number of nitrogens with two attached hydrogens (primary N) is 1. The molecule has 0 bridgehead atoms. The zero-order valence-corrected chi connectivity index (χ0v) is 11.4. The predicted molar refractivity (Wildman–Crippen MR) is 72.1 cm³/mol. The Bertz CT molecular complexity index is 465. The van der Waals surface area contributed by atoms with Crippen LogP contribution >= 0.6 is 11.6 Å². The molecule has 0 spiro atoms. The van der Waals surface area contributed by atoms with Gasteiger partial charge in [0.25, 0.3) is 0 Å². The normalized spacial score (nSPS) is 24.7. The fourth-order valence-corrected chi connectivity index (χ4v) is 3.16. The number of rotatable bonds is 2. The van der Waals surface area contributed by atoms with Gasteiger partial charge in [-0.1, -0.05) is 11.6 Å². The lowest BCUT2D eigenvalue weighted by molar-refractivity contribution is 0.311. The summed E-state index contributed by atoms with van der Waals surface area (Å²) in [5.74, 6) is 0.0468. The maximum atomic E-state index is 9.76. The van der Waals surface area contributed by atoms with Gasteiger partial charge >= 0.3 is 0 Å². The van der Waals surface area contributed by atoms with Gasteiger partial charge in [-0.25, -0.2) is 0 Å². The van der Waals surface area contributed by atoms with E-state index in [1.807, 2.05) is 14.0 Å². The van der Waals surface area contributed by atoms with Crippen LogP contribution in [0.15, 0.2) is 6.07 Å². The fourth-order valence-electron chi connectivity index (χ4n) is 2.79. The van der Waals surface area contributed by atoms with Crippen LogP contribution in [0.3, 0.4) is 0 Å². The Balaban J connectivity index is 2.43. The van der Waals surface area contributed by atoms with Gasteiger partial charge in [0.2, 0.25) is 0 Å². The maximum absolute atomic E-state index is 9.76. The van der Waals surface area contributed by atoms with Gasteiger partial charge in [0.15, 0.2) is 11.5 Å². The van der Waals surface area contributed by atoms with E-state index >= 15 is 0 Å². The third kappa shape index (κ3) is 2.16. The minimum atomic E-state index is -0.234. The number of hydrogen-bond donors (Lipinski definition) is 3. The van der Waals surface area contributed by atoms with E-state index in [9.17, 15) is 10.2 Å². The molecule has 18 heavy (non-hydrogen) atoms. The number of hydrogen-bond acceptors (Lipinski definition) is 4. The third-order valence-corrected chi connectivity index (χ3v) is 4.15. The Hall–Kier alpha value is -0.970. The zero-order chi connectivity index (χ0) is 13.4. The summed E-state index contributed by atoms with van der Waals surface area (Å²) in [5.41, 5.74) is 7.50. The molecule has 1 aliphatic rings. The van der Waals surface area contributed by atoms with Crippen molar-refractivity contribution >= 4 is 11.6 Å². The summed E-state index contributed by atoms with van der Waals surface area (Å²) in [6.45, 7) is 3.48. The highest BCUT2D eigenvalue weighted by Crippen LogP contribution is 2.45. The molecular formula is C13H19ClN2O2. The summed E-state index contributed by atoms with van der Waals surface area (Å²) in [6, 6.07) is 1.71. The Morgan fingerprint density at radius 3 is 2.72 bits per heavy atom. The summed E-state index contributed by atoms with van der Waals surface area (Å²) in [4.78, 5) is 2.20. The van der Waals surface area contributed by atoms with Crippen molar-refractivity contribution in [3.05, 3.63) is 22.2 Å². The molecule has 4 nitrogen and oxygen atoms in total. The summed E-state index contributed by atoms with van der Waals surface area (Å²) >= 11 is 6.17. The van der Waals surface area contributed by atoms with Crippen LogP contribution in [0, 0.1) is 12.8 Å². The van der Waals surface area contributed by atoms with Crippen molar-refractivity contribution in [1.82, 2.24) is 4.90 Å². The molecule has 0 amide bonds. The molecule has 5 heteroatoms. The molecule has 4 N–H and O–H groups in total. The number of halogens is 1. The monoisotopic (exact) mass is 270 g/mol. The van der Waals surface area contributed by atoms with Gasteiger partial charge < -0.3 is 15.9 Å². The molecule has 0 radical (unpaired) electrons. The quantitative estimate of drug-likeness (QED) is 0.719. The van der Waals surface area contributed by atoms with E-state index in [2.05, 4.69) is 4.90 Å². The molecule has 1 fully saturated rings. The number of aryl methyl sites for hydroxylation is 1. The van der Waals surface area contributed by atoms with Crippen molar-refractivity contribution in [2.45, 2.75) is 19.4 Å². The van der Waals surface area contributed by atoms with Crippen molar-refractivity contribution in [3.63, 3.8) is 0 Å². The minimum absolute atomic E-state index is 0.151. The van der Waals surface area contributed by atoms with E-state index in [0.29, 0.717) is 12.5 Å². The van der Waals surface area contributed by atoms with E-state index in [0.717, 1.165) is 24.1 Å². The van der Waals surface area contributed by atoms with Gasteiger partial charge in [-0.3, -0.25) is 4.90 Å². The average molecular weight is 271 g/mol. The van der Waals surface area contributed by atoms with Crippen LogP contribution < -0.4 is 5.73 Å². The predicted octanol–water partition coefficient (Wildman–Crippen LogP) is 2.01. The van der Waals surface area contributed by atoms with E-state index in [1.165, 1.54) is 0 Å². The summed E-state index contributed by atoms with van der Waals surface area (Å²) < 4.78 is 0. The van der Waals surface area contributed by atoms with Gasteiger partial charge in [0.1, 0.15) is 0 Å². The van der Waals surface area contributed by atoms with Crippen LogP contribution in [0.5, 0.6) is 11.5 Å². The smallest absolute Gasteiger partial charge is 0.176 e. The van der Waals surface area contributed by atoms with Crippen LogP contribution in [0.4, 0.5) is 0 Å². The molecule has 2 atom stereocenters. The highest BCUT2D eigenvalue weighted by molar-refractivity contribution is 6.33. The first kappa shape index (κ1) is 13.5. The molecule has 1 aliphatic heterocycles. The average Bonchev–Trinajstić information content (AvgIpc) is 2.68. The topological polar surface area (TPSA) is 69.7 Å². The highest BCUT2D eigenvalue weighted by atomic mass is 35.5. The fraction of sp³-hybridized carbons (Fsp3) is 0.538. The minimum Gasteiger partial charge on any atom is -0.504 e.